The highest BCUT2D eigenvalue weighted by Crippen LogP contribution is 2.42. The average Bonchev–Trinajstić information content (AvgIpc) is 3.22. The van der Waals surface area contributed by atoms with Crippen molar-refractivity contribution in [2.24, 2.45) is 0 Å². The van der Waals surface area contributed by atoms with Gasteiger partial charge in [-0.25, -0.2) is 13.1 Å². The molecule has 0 saturated heterocycles. The van der Waals surface area contributed by atoms with Gasteiger partial charge in [-0.1, -0.05) is 6.42 Å². The van der Waals surface area contributed by atoms with Gasteiger partial charge in [0.1, 0.15) is 0 Å². The van der Waals surface area contributed by atoms with Crippen LogP contribution in [0, 0.1) is 0 Å². The van der Waals surface area contributed by atoms with Gasteiger partial charge in [-0.3, -0.25) is 0 Å². The van der Waals surface area contributed by atoms with Crippen LogP contribution in [0.3, 0.4) is 0 Å². The van der Waals surface area contributed by atoms with Crippen LogP contribution in [0.4, 0.5) is 5.69 Å². The van der Waals surface area contributed by atoms with E-state index in [4.69, 9.17) is 0 Å². The van der Waals surface area contributed by atoms with E-state index in [0.29, 0.717) is 9.64 Å². The van der Waals surface area contributed by atoms with Crippen LogP contribution < -0.4 is 10.0 Å². The number of hydrogen-bond acceptors (Lipinski definition) is 4. The minimum absolute atomic E-state index is 0.146. The van der Waals surface area contributed by atoms with E-state index in [1.165, 1.54) is 19.3 Å². The zero-order valence-electron chi connectivity index (χ0n) is 12.3. The summed E-state index contributed by atoms with van der Waals surface area (Å²) in [6, 6.07) is 7.22. The largest absolute Gasteiger partial charge is 0.384 e. The molecule has 4 nitrogen and oxygen atoms in total. The number of sulfonamides is 1. The molecule has 6 heteroatoms. The number of rotatable bonds is 7. The van der Waals surface area contributed by atoms with Crippen LogP contribution >= 0.6 is 11.8 Å². The molecular formula is C15H22N2O2S2. The van der Waals surface area contributed by atoms with E-state index in [1.54, 1.807) is 12.1 Å². The van der Waals surface area contributed by atoms with Gasteiger partial charge in [0, 0.05) is 23.0 Å². The van der Waals surface area contributed by atoms with E-state index >= 15 is 0 Å². The SMILES string of the molecule is CSC1(CNc2ccc(S(=O)(=O)NC3CC3)cc2)CCC1. The Labute approximate surface area is 131 Å². The number of hydrogen-bond donors (Lipinski definition) is 2. The van der Waals surface area contributed by atoms with Crippen LogP contribution in [-0.4, -0.2) is 32.0 Å². The highest BCUT2D eigenvalue weighted by atomic mass is 32.2. The zero-order valence-corrected chi connectivity index (χ0v) is 13.9. The average molecular weight is 326 g/mol. The van der Waals surface area contributed by atoms with Crippen LogP contribution in [0.5, 0.6) is 0 Å². The molecule has 116 valence electrons. The summed E-state index contributed by atoms with van der Waals surface area (Å²) in [7, 11) is -3.34. The summed E-state index contributed by atoms with van der Waals surface area (Å²) < 4.78 is 27.2. The van der Waals surface area contributed by atoms with Crippen molar-refractivity contribution in [2.45, 2.75) is 47.8 Å². The fourth-order valence-corrected chi connectivity index (χ4v) is 4.75. The highest BCUT2D eigenvalue weighted by molar-refractivity contribution is 8.00. The van der Waals surface area contributed by atoms with Crippen LogP contribution in [0.1, 0.15) is 32.1 Å². The molecule has 2 aliphatic rings. The molecule has 0 amide bonds. The van der Waals surface area contributed by atoms with Crippen molar-refractivity contribution in [2.75, 3.05) is 18.1 Å². The molecule has 0 atom stereocenters. The van der Waals surface area contributed by atoms with Gasteiger partial charge in [0.15, 0.2) is 0 Å². The second-order valence-electron chi connectivity index (χ2n) is 6.01. The summed E-state index contributed by atoms with van der Waals surface area (Å²) in [5, 5.41) is 3.43. The van der Waals surface area contributed by atoms with Gasteiger partial charge >= 0.3 is 0 Å². The van der Waals surface area contributed by atoms with Crippen molar-refractivity contribution >= 4 is 27.5 Å². The molecule has 0 spiro atoms. The Kier molecular flexibility index (Phi) is 4.21. The van der Waals surface area contributed by atoms with Crippen LogP contribution in [0.15, 0.2) is 29.2 Å². The van der Waals surface area contributed by atoms with Crippen molar-refractivity contribution in [1.29, 1.82) is 0 Å². The maximum atomic E-state index is 12.1. The molecule has 0 aromatic heterocycles. The van der Waals surface area contributed by atoms with Gasteiger partial charge in [0.25, 0.3) is 0 Å². The molecule has 0 aliphatic heterocycles. The minimum atomic E-state index is -3.34. The van der Waals surface area contributed by atoms with Gasteiger partial charge < -0.3 is 5.32 Å². The first kappa shape index (κ1) is 15.2. The van der Waals surface area contributed by atoms with Crippen LogP contribution in [0.2, 0.25) is 0 Å². The third-order valence-corrected chi connectivity index (χ3v) is 7.33. The van der Waals surface area contributed by atoms with E-state index < -0.39 is 10.0 Å². The molecule has 0 radical (unpaired) electrons. The van der Waals surface area contributed by atoms with Crippen molar-refractivity contribution in [3.8, 4) is 0 Å². The predicted molar refractivity (Wildman–Crippen MR) is 88.4 cm³/mol. The molecule has 0 bridgehead atoms. The van der Waals surface area contributed by atoms with Crippen molar-refractivity contribution in [3.05, 3.63) is 24.3 Å². The highest BCUT2D eigenvalue weighted by Gasteiger charge is 2.35. The van der Waals surface area contributed by atoms with Crippen molar-refractivity contribution in [3.63, 3.8) is 0 Å². The minimum Gasteiger partial charge on any atom is -0.384 e. The van der Waals surface area contributed by atoms with Gasteiger partial charge in [-0.05, 0) is 56.2 Å². The number of nitrogens with one attached hydrogen (secondary N) is 2. The lowest BCUT2D eigenvalue weighted by atomic mass is 9.84. The van der Waals surface area contributed by atoms with E-state index in [1.807, 2.05) is 23.9 Å². The van der Waals surface area contributed by atoms with Gasteiger partial charge in [0.2, 0.25) is 10.0 Å². The Hall–Kier alpha value is -0.720. The molecule has 2 aliphatic carbocycles. The third-order valence-electron chi connectivity index (χ3n) is 4.38. The first-order valence-electron chi connectivity index (χ1n) is 7.44. The van der Waals surface area contributed by atoms with Gasteiger partial charge in [-0.2, -0.15) is 11.8 Å². The number of thioether (sulfide) groups is 1. The molecule has 1 aromatic carbocycles. The maximum absolute atomic E-state index is 12.1. The Morgan fingerprint density at radius 2 is 1.90 bits per heavy atom. The monoisotopic (exact) mass is 326 g/mol. The molecule has 2 N–H and O–H groups in total. The molecular weight excluding hydrogens is 304 g/mol. The summed E-state index contributed by atoms with van der Waals surface area (Å²) in [6.45, 7) is 0.945. The Bertz CT molecular complexity index is 585. The first-order valence-corrected chi connectivity index (χ1v) is 10.2. The second-order valence-corrected chi connectivity index (χ2v) is 9.00. The summed E-state index contributed by atoms with van der Waals surface area (Å²) in [5.41, 5.74) is 0.987. The Morgan fingerprint density at radius 1 is 1.24 bits per heavy atom. The van der Waals surface area contributed by atoms with Crippen molar-refractivity contribution in [1.82, 2.24) is 4.72 Å². The molecule has 2 fully saturated rings. The second kappa shape index (κ2) is 5.82. The maximum Gasteiger partial charge on any atom is 0.240 e. The fourth-order valence-electron chi connectivity index (χ4n) is 2.53. The lowest BCUT2D eigenvalue weighted by molar-refractivity contribution is 0.380. The number of anilines is 1. The quantitative estimate of drug-likeness (QED) is 0.809. The Morgan fingerprint density at radius 3 is 2.38 bits per heavy atom. The summed E-state index contributed by atoms with van der Waals surface area (Å²) in [6.07, 6.45) is 7.91. The van der Waals surface area contributed by atoms with Gasteiger partial charge in [-0.15, -0.1) is 0 Å². The van der Waals surface area contributed by atoms with Crippen LogP contribution in [0.25, 0.3) is 0 Å². The topological polar surface area (TPSA) is 58.2 Å². The van der Waals surface area contributed by atoms with E-state index in [0.717, 1.165) is 25.1 Å². The smallest absolute Gasteiger partial charge is 0.240 e. The van der Waals surface area contributed by atoms with Crippen molar-refractivity contribution < 1.29 is 8.42 Å². The standard InChI is InChI=1S/C15H22N2O2S2/c1-20-15(9-2-10-15)11-16-12-5-7-14(8-6-12)21(18,19)17-13-3-4-13/h5-8,13,16-17H,2-4,9-11H2,1H3. The van der Waals surface area contributed by atoms with Crippen LogP contribution in [-0.2, 0) is 10.0 Å². The zero-order chi connectivity index (χ0) is 14.9. The molecule has 2 saturated carbocycles. The Balaban J connectivity index is 1.61. The molecule has 21 heavy (non-hydrogen) atoms. The lowest BCUT2D eigenvalue weighted by Crippen LogP contribution is -2.40. The van der Waals surface area contributed by atoms with E-state index in [2.05, 4.69) is 16.3 Å². The molecule has 0 heterocycles. The predicted octanol–water partition coefficient (Wildman–Crippen LogP) is 2.82. The molecule has 0 unspecified atom stereocenters. The lowest BCUT2D eigenvalue weighted by Gasteiger charge is -2.40. The fraction of sp³-hybridized carbons (Fsp3) is 0.600. The van der Waals surface area contributed by atoms with E-state index in [9.17, 15) is 8.42 Å². The normalized spacial score (nSPS) is 20.8. The first-order chi connectivity index (χ1) is 10.0. The number of benzene rings is 1. The third kappa shape index (κ3) is 3.55. The molecule has 3 rings (SSSR count). The van der Waals surface area contributed by atoms with Gasteiger partial charge in [0.05, 0.1) is 4.90 Å². The molecule has 1 aromatic rings. The summed E-state index contributed by atoms with van der Waals surface area (Å²) in [4.78, 5) is 0.350. The van der Waals surface area contributed by atoms with E-state index in [-0.39, 0.29) is 6.04 Å². The summed E-state index contributed by atoms with van der Waals surface area (Å²) in [5.74, 6) is 0. The summed E-state index contributed by atoms with van der Waals surface area (Å²) >= 11 is 1.93.